The molecule has 2 aliphatic rings. The zero-order chi connectivity index (χ0) is 21.4. The highest BCUT2D eigenvalue weighted by atomic mass is 16.5. The van der Waals surface area contributed by atoms with E-state index >= 15 is 0 Å². The number of nitrogens with zero attached hydrogens (tertiary/aromatic N) is 2. The Morgan fingerprint density at radius 2 is 1.84 bits per heavy atom. The van der Waals surface area contributed by atoms with Crippen molar-refractivity contribution in [2.75, 3.05) is 26.7 Å². The van der Waals surface area contributed by atoms with Gasteiger partial charge in [-0.2, -0.15) is 0 Å². The Bertz CT molecular complexity index is 1100. The van der Waals surface area contributed by atoms with Crippen molar-refractivity contribution in [3.63, 3.8) is 0 Å². The molecule has 3 aromatic rings. The number of rotatable bonds is 7. The number of fused-ring (bicyclic) bond motifs is 2. The molecular formula is C25H27N3O3. The lowest BCUT2D eigenvalue weighted by Crippen LogP contribution is -2.36. The minimum Gasteiger partial charge on any atom is -0.497 e. The molecule has 6 heteroatoms. The molecule has 0 spiro atoms. The van der Waals surface area contributed by atoms with Crippen molar-refractivity contribution in [1.29, 1.82) is 0 Å². The summed E-state index contributed by atoms with van der Waals surface area (Å²) in [6.45, 7) is 2.43. The van der Waals surface area contributed by atoms with Gasteiger partial charge in [0.1, 0.15) is 5.75 Å². The lowest BCUT2D eigenvalue weighted by Gasteiger charge is -2.25. The molecule has 160 valence electrons. The lowest BCUT2D eigenvalue weighted by molar-refractivity contribution is 0.0646. The molecule has 1 N–H and O–H groups in total. The number of nitrogens with one attached hydrogen (secondary N) is 1. The summed E-state index contributed by atoms with van der Waals surface area (Å²) in [5, 5.41) is 1.22. The molecule has 2 amide bonds. The SMILES string of the molecule is COc1ccc2[nH]cc(C[C@H]3CCCN3CCCN3C(=O)c4ccccc4C3=O)c2c1. The van der Waals surface area contributed by atoms with Gasteiger partial charge in [-0.05, 0) is 68.1 Å². The van der Waals surface area contributed by atoms with Gasteiger partial charge in [-0.3, -0.25) is 19.4 Å². The van der Waals surface area contributed by atoms with E-state index in [-0.39, 0.29) is 11.8 Å². The number of amides is 2. The van der Waals surface area contributed by atoms with Crippen LogP contribution < -0.4 is 4.74 Å². The zero-order valence-corrected chi connectivity index (χ0v) is 17.8. The van der Waals surface area contributed by atoms with Gasteiger partial charge in [0.15, 0.2) is 0 Å². The van der Waals surface area contributed by atoms with Crippen LogP contribution >= 0.6 is 0 Å². The van der Waals surface area contributed by atoms with Crippen LogP contribution in [-0.4, -0.2) is 59.4 Å². The number of aromatic amines is 1. The number of aromatic nitrogens is 1. The summed E-state index contributed by atoms with van der Waals surface area (Å²) < 4.78 is 5.40. The normalized spacial score (nSPS) is 18.9. The Kier molecular flexibility index (Phi) is 5.24. The number of carbonyl (C=O) groups excluding carboxylic acids is 2. The highest BCUT2D eigenvalue weighted by Gasteiger charge is 2.35. The van der Waals surface area contributed by atoms with Gasteiger partial charge in [0, 0.05) is 36.2 Å². The number of H-pyrrole nitrogens is 1. The Balaban J connectivity index is 1.21. The minimum atomic E-state index is -0.161. The first-order chi connectivity index (χ1) is 15.2. The van der Waals surface area contributed by atoms with E-state index in [2.05, 4.69) is 28.2 Å². The number of methoxy groups -OCH3 is 1. The first-order valence-corrected chi connectivity index (χ1v) is 11.0. The van der Waals surface area contributed by atoms with Crippen LogP contribution in [0.1, 0.15) is 45.5 Å². The molecule has 0 unspecified atom stereocenters. The molecule has 0 bridgehead atoms. The summed E-state index contributed by atoms with van der Waals surface area (Å²) in [6.07, 6.45) is 6.25. The van der Waals surface area contributed by atoms with Gasteiger partial charge in [-0.1, -0.05) is 12.1 Å². The van der Waals surface area contributed by atoms with Crippen LogP contribution in [0, 0.1) is 0 Å². The monoisotopic (exact) mass is 417 g/mol. The second-order valence-electron chi connectivity index (χ2n) is 8.42. The first kappa shape index (κ1) is 19.8. The van der Waals surface area contributed by atoms with Gasteiger partial charge < -0.3 is 9.72 Å². The van der Waals surface area contributed by atoms with Crippen molar-refractivity contribution in [2.45, 2.75) is 31.7 Å². The number of benzene rings is 2. The number of imide groups is 1. The summed E-state index contributed by atoms with van der Waals surface area (Å²) in [7, 11) is 1.70. The molecule has 2 aromatic carbocycles. The Morgan fingerprint density at radius 1 is 1.06 bits per heavy atom. The van der Waals surface area contributed by atoms with Crippen molar-refractivity contribution in [3.8, 4) is 5.75 Å². The van der Waals surface area contributed by atoms with E-state index in [0.717, 1.165) is 37.2 Å². The lowest BCUT2D eigenvalue weighted by atomic mass is 10.0. The Labute approximate surface area is 181 Å². The number of hydrogen-bond acceptors (Lipinski definition) is 4. The number of ether oxygens (including phenoxy) is 1. The topological polar surface area (TPSA) is 65.6 Å². The zero-order valence-electron chi connectivity index (χ0n) is 17.8. The largest absolute Gasteiger partial charge is 0.497 e. The van der Waals surface area contributed by atoms with Crippen LogP contribution in [0.3, 0.4) is 0 Å². The van der Waals surface area contributed by atoms with Gasteiger partial charge in [0.2, 0.25) is 0 Å². The summed E-state index contributed by atoms with van der Waals surface area (Å²) in [4.78, 5) is 32.4. The van der Waals surface area contributed by atoms with E-state index in [1.54, 1.807) is 19.2 Å². The average molecular weight is 418 g/mol. The molecule has 1 saturated heterocycles. The highest BCUT2D eigenvalue weighted by Crippen LogP contribution is 2.28. The fourth-order valence-electron chi connectivity index (χ4n) is 5.00. The van der Waals surface area contributed by atoms with Crippen LogP contribution in [0.4, 0.5) is 0 Å². The quantitative estimate of drug-likeness (QED) is 0.593. The third kappa shape index (κ3) is 3.61. The molecule has 0 radical (unpaired) electrons. The number of hydrogen-bond donors (Lipinski definition) is 1. The maximum absolute atomic E-state index is 12.6. The van der Waals surface area contributed by atoms with E-state index in [4.69, 9.17) is 4.74 Å². The average Bonchev–Trinajstić information content (AvgIpc) is 3.48. The fraction of sp³-hybridized carbons (Fsp3) is 0.360. The third-order valence-corrected chi connectivity index (χ3v) is 6.63. The van der Waals surface area contributed by atoms with Gasteiger partial charge >= 0.3 is 0 Å². The summed E-state index contributed by atoms with van der Waals surface area (Å²) in [6, 6.07) is 13.7. The van der Waals surface area contributed by atoms with Crippen LogP contribution in [0.25, 0.3) is 10.9 Å². The van der Waals surface area contributed by atoms with E-state index in [1.165, 1.54) is 28.7 Å². The molecule has 1 atom stereocenters. The summed E-state index contributed by atoms with van der Waals surface area (Å²) in [5.74, 6) is 0.551. The number of likely N-dealkylation sites (tertiary alicyclic amines) is 1. The molecular weight excluding hydrogens is 390 g/mol. The van der Waals surface area contributed by atoms with Crippen molar-refractivity contribution in [3.05, 3.63) is 65.4 Å². The molecule has 1 fully saturated rings. The standard InChI is InChI=1S/C25H27N3O3/c1-31-19-9-10-23-22(15-19)17(16-26-23)14-18-6-4-11-27(18)12-5-13-28-24(29)20-7-2-3-8-21(20)25(28)30/h2-3,7-10,15-16,18,26H,4-6,11-14H2,1H3/t18-/m1/s1. The number of carbonyl (C=O) groups is 2. The molecule has 5 rings (SSSR count). The smallest absolute Gasteiger partial charge is 0.261 e. The maximum Gasteiger partial charge on any atom is 0.261 e. The van der Waals surface area contributed by atoms with Crippen LogP contribution in [0.15, 0.2) is 48.7 Å². The molecule has 2 aliphatic heterocycles. The molecule has 31 heavy (non-hydrogen) atoms. The maximum atomic E-state index is 12.6. The molecule has 3 heterocycles. The van der Waals surface area contributed by atoms with Gasteiger partial charge in [0.05, 0.1) is 18.2 Å². The predicted molar refractivity (Wildman–Crippen MR) is 120 cm³/mol. The first-order valence-electron chi connectivity index (χ1n) is 11.0. The van der Waals surface area contributed by atoms with Crippen molar-refractivity contribution >= 4 is 22.7 Å². The van der Waals surface area contributed by atoms with Crippen molar-refractivity contribution < 1.29 is 14.3 Å². The van der Waals surface area contributed by atoms with Gasteiger partial charge in [-0.15, -0.1) is 0 Å². The van der Waals surface area contributed by atoms with Gasteiger partial charge in [0.25, 0.3) is 11.8 Å². The Hall–Kier alpha value is -3.12. The summed E-state index contributed by atoms with van der Waals surface area (Å²) in [5.41, 5.74) is 3.50. The van der Waals surface area contributed by atoms with Crippen LogP contribution in [-0.2, 0) is 6.42 Å². The Morgan fingerprint density at radius 3 is 2.58 bits per heavy atom. The van der Waals surface area contributed by atoms with E-state index < -0.39 is 0 Å². The van der Waals surface area contributed by atoms with E-state index in [9.17, 15) is 9.59 Å². The minimum absolute atomic E-state index is 0.161. The van der Waals surface area contributed by atoms with Gasteiger partial charge in [-0.25, -0.2) is 0 Å². The van der Waals surface area contributed by atoms with E-state index in [0.29, 0.717) is 23.7 Å². The van der Waals surface area contributed by atoms with Crippen molar-refractivity contribution in [1.82, 2.24) is 14.8 Å². The highest BCUT2D eigenvalue weighted by molar-refractivity contribution is 6.21. The third-order valence-electron chi connectivity index (χ3n) is 6.63. The fourth-order valence-corrected chi connectivity index (χ4v) is 5.00. The molecule has 0 aliphatic carbocycles. The van der Waals surface area contributed by atoms with Crippen LogP contribution in [0.2, 0.25) is 0 Å². The van der Waals surface area contributed by atoms with Crippen molar-refractivity contribution in [2.24, 2.45) is 0 Å². The van der Waals surface area contributed by atoms with Crippen LogP contribution in [0.5, 0.6) is 5.75 Å². The summed E-state index contributed by atoms with van der Waals surface area (Å²) >= 11 is 0. The molecule has 0 saturated carbocycles. The molecule has 1 aromatic heterocycles. The second kappa shape index (κ2) is 8.19. The molecule has 6 nitrogen and oxygen atoms in total. The van der Waals surface area contributed by atoms with E-state index in [1.807, 2.05) is 18.2 Å². The predicted octanol–water partition coefficient (Wildman–Crippen LogP) is 3.87. The second-order valence-corrected chi connectivity index (χ2v) is 8.42.